The highest BCUT2D eigenvalue weighted by Gasteiger charge is 2.53. The minimum absolute atomic E-state index is 0.280. The van der Waals surface area contributed by atoms with Crippen LogP contribution in [0.25, 0.3) is 0 Å². The Labute approximate surface area is 108 Å². The van der Waals surface area contributed by atoms with Crippen molar-refractivity contribution in [3.05, 3.63) is 35.9 Å². The lowest BCUT2D eigenvalue weighted by Gasteiger charge is -2.32. The molecular weight excluding hydrogens is 234 g/mol. The van der Waals surface area contributed by atoms with Gasteiger partial charge in [0.15, 0.2) is 0 Å². The van der Waals surface area contributed by atoms with Crippen molar-refractivity contribution < 1.29 is 9.31 Å². The fourth-order valence-electron chi connectivity index (χ4n) is 1.80. The molecule has 1 aliphatic heterocycles. The average molecular weight is 253 g/mol. The van der Waals surface area contributed by atoms with Crippen LogP contribution >= 0.6 is 11.6 Å². The first-order valence-corrected chi connectivity index (χ1v) is 6.32. The molecule has 17 heavy (non-hydrogen) atoms. The number of hydrogen-bond donors (Lipinski definition) is 0. The van der Waals surface area contributed by atoms with Gasteiger partial charge >= 0.3 is 7.12 Å². The normalized spacial score (nSPS) is 23.7. The molecule has 0 N–H and O–H groups in total. The van der Waals surface area contributed by atoms with Crippen molar-refractivity contribution in [2.24, 2.45) is 0 Å². The molecule has 2 rings (SSSR count). The third-order valence-corrected chi connectivity index (χ3v) is 4.09. The topological polar surface area (TPSA) is 18.5 Å². The lowest BCUT2D eigenvalue weighted by atomic mass is 9.80. The lowest BCUT2D eigenvalue weighted by molar-refractivity contribution is 0.00578. The van der Waals surface area contributed by atoms with E-state index >= 15 is 0 Å². The molecule has 0 saturated carbocycles. The van der Waals surface area contributed by atoms with Crippen LogP contribution in [0.3, 0.4) is 0 Å². The Bertz CT molecular complexity index is 376. The van der Waals surface area contributed by atoms with Crippen molar-refractivity contribution >= 4 is 18.7 Å². The van der Waals surface area contributed by atoms with Gasteiger partial charge < -0.3 is 9.31 Å². The van der Waals surface area contributed by atoms with Gasteiger partial charge in [-0.1, -0.05) is 30.3 Å². The molecule has 1 fully saturated rings. The van der Waals surface area contributed by atoms with Crippen LogP contribution in [0.15, 0.2) is 30.3 Å². The first kappa shape index (κ1) is 12.9. The molecule has 2 nitrogen and oxygen atoms in total. The maximum atomic E-state index is 6.42. The molecule has 0 radical (unpaired) electrons. The standard InChI is InChI=1S/C13H18BClO2/c1-12(2)13(3,4)17-14(16-12)11(15)10-8-6-5-7-9-10/h5-9,11H,1-4H3. The zero-order chi connectivity index (χ0) is 12.7. The van der Waals surface area contributed by atoms with Gasteiger partial charge in [-0.2, -0.15) is 0 Å². The molecular formula is C13H18BClO2. The van der Waals surface area contributed by atoms with Crippen molar-refractivity contribution in [2.75, 3.05) is 0 Å². The molecule has 0 bridgehead atoms. The van der Waals surface area contributed by atoms with Crippen molar-refractivity contribution in [3.63, 3.8) is 0 Å². The summed E-state index contributed by atoms with van der Waals surface area (Å²) in [4.78, 5) is 0. The summed E-state index contributed by atoms with van der Waals surface area (Å²) in [5.41, 5.74) is 0.354. The monoisotopic (exact) mass is 252 g/mol. The molecule has 1 aromatic rings. The Balaban J connectivity index is 2.17. The number of alkyl halides is 1. The number of halogens is 1. The van der Waals surface area contributed by atoms with Crippen molar-refractivity contribution in [1.29, 1.82) is 0 Å². The summed E-state index contributed by atoms with van der Waals surface area (Å²) in [6.07, 6.45) is 0. The Morgan fingerprint density at radius 2 is 1.47 bits per heavy atom. The predicted octanol–water partition coefficient (Wildman–Crippen LogP) is 3.60. The molecule has 92 valence electrons. The van der Waals surface area contributed by atoms with Gasteiger partial charge in [0.05, 0.1) is 16.5 Å². The third kappa shape index (κ3) is 2.37. The highest BCUT2D eigenvalue weighted by Crippen LogP contribution is 2.41. The second-order valence-corrected chi connectivity index (χ2v) is 5.91. The molecule has 1 heterocycles. The van der Waals surface area contributed by atoms with E-state index in [9.17, 15) is 0 Å². The van der Waals surface area contributed by atoms with Gasteiger partial charge in [-0.3, -0.25) is 0 Å². The van der Waals surface area contributed by atoms with Gasteiger partial charge in [0, 0.05) is 0 Å². The van der Waals surface area contributed by atoms with Gasteiger partial charge in [-0.05, 0) is 33.3 Å². The number of benzene rings is 1. The molecule has 4 heteroatoms. The summed E-state index contributed by atoms with van der Waals surface area (Å²) in [6, 6.07) is 9.88. The first-order chi connectivity index (χ1) is 7.83. The van der Waals surface area contributed by atoms with E-state index in [4.69, 9.17) is 20.9 Å². The maximum absolute atomic E-state index is 6.42. The Morgan fingerprint density at radius 3 is 1.94 bits per heavy atom. The van der Waals surface area contributed by atoms with Crippen LogP contribution in [0.4, 0.5) is 0 Å². The van der Waals surface area contributed by atoms with E-state index in [0.717, 1.165) is 5.56 Å². The summed E-state index contributed by atoms with van der Waals surface area (Å²) < 4.78 is 11.9. The quantitative estimate of drug-likeness (QED) is 0.591. The fourth-order valence-corrected chi connectivity index (χ4v) is 2.05. The SMILES string of the molecule is CC1(C)OB(C(Cl)c2ccccc2)OC1(C)C. The molecule has 0 spiro atoms. The Hall–Kier alpha value is -0.505. The molecule has 1 saturated heterocycles. The van der Waals surface area contributed by atoms with Crippen LogP contribution in [0.2, 0.25) is 0 Å². The summed E-state index contributed by atoms with van der Waals surface area (Å²) in [7, 11) is -0.399. The highest BCUT2D eigenvalue weighted by atomic mass is 35.5. The summed E-state index contributed by atoms with van der Waals surface area (Å²) in [5.74, 6) is 0. The number of rotatable bonds is 2. The second-order valence-electron chi connectivity index (χ2n) is 5.44. The van der Waals surface area contributed by atoms with Gasteiger partial charge in [0.1, 0.15) is 0 Å². The zero-order valence-corrected chi connectivity index (χ0v) is 11.5. The van der Waals surface area contributed by atoms with Gasteiger partial charge in [-0.15, -0.1) is 11.6 Å². The minimum atomic E-state index is -0.399. The number of hydrogen-bond acceptors (Lipinski definition) is 2. The van der Waals surface area contributed by atoms with E-state index in [1.54, 1.807) is 0 Å². The first-order valence-electron chi connectivity index (χ1n) is 5.88. The average Bonchev–Trinajstić information content (AvgIpc) is 2.48. The summed E-state index contributed by atoms with van der Waals surface area (Å²) in [5, 5.41) is -0.280. The predicted molar refractivity (Wildman–Crippen MR) is 71.1 cm³/mol. The lowest BCUT2D eigenvalue weighted by Crippen LogP contribution is -2.41. The second kappa shape index (κ2) is 4.31. The molecule has 1 atom stereocenters. The fraction of sp³-hybridized carbons (Fsp3) is 0.538. The van der Waals surface area contributed by atoms with Crippen LogP contribution in [-0.4, -0.2) is 18.3 Å². The third-order valence-electron chi connectivity index (χ3n) is 3.63. The highest BCUT2D eigenvalue weighted by molar-refractivity contribution is 6.59. The van der Waals surface area contributed by atoms with E-state index in [0.29, 0.717) is 0 Å². The molecule has 0 aliphatic carbocycles. The smallest absolute Gasteiger partial charge is 0.402 e. The maximum Gasteiger partial charge on any atom is 0.481 e. The molecule has 0 amide bonds. The van der Waals surface area contributed by atoms with Crippen LogP contribution < -0.4 is 0 Å². The van der Waals surface area contributed by atoms with Crippen LogP contribution in [-0.2, 0) is 9.31 Å². The largest absolute Gasteiger partial charge is 0.481 e. The zero-order valence-electron chi connectivity index (χ0n) is 10.7. The van der Waals surface area contributed by atoms with Gasteiger partial charge in [-0.25, -0.2) is 0 Å². The van der Waals surface area contributed by atoms with E-state index < -0.39 is 7.12 Å². The molecule has 1 unspecified atom stereocenters. The van der Waals surface area contributed by atoms with Crippen molar-refractivity contribution in [2.45, 2.75) is 44.2 Å². The Kier molecular flexibility index (Phi) is 3.28. The minimum Gasteiger partial charge on any atom is -0.402 e. The van der Waals surface area contributed by atoms with E-state index in [1.807, 2.05) is 58.0 Å². The van der Waals surface area contributed by atoms with E-state index in [2.05, 4.69) is 0 Å². The van der Waals surface area contributed by atoms with Gasteiger partial charge in [0.25, 0.3) is 0 Å². The summed E-state index contributed by atoms with van der Waals surface area (Å²) >= 11 is 6.42. The summed E-state index contributed by atoms with van der Waals surface area (Å²) in [6.45, 7) is 8.12. The van der Waals surface area contributed by atoms with E-state index in [1.165, 1.54) is 0 Å². The molecule has 0 aromatic heterocycles. The van der Waals surface area contributed by atoms with Gasteiger partial charge in [0.2, 0.25) is 0 Å². The van der Waals surface area contributed by atoms with Crippen LogP contribution in [0.1, 0.15) is 38.5 Å². The van der Waals surface area contributed by atoms with Crippen LogP contribution in [0, 0.1) is 0 Å². The van der Waals surface area contributed by atoms with Crippen molar-refractivity contribution in [1.82, 2.24) is 0 Å². The molecule has 1 aliphatic rings. The molecule has 1 aromatic carbocycles. The Morgan fingerprint density at radius 1 is 1.00 bits per heavy atom. The van der Waals surface area contributed by atoms with E-state index in [-0.39, 0.29) is 16.5 Å². The van der Waals surface area contributed by atoms with Crippen molar-refractivity contribution in [3.8, 4) is 0 Å². The van der Waals surface area contributed by atoms with Crippen LogP contribution in [0.5, 0.6) is 0 Å².